The van der Waals surface area contributed by atoms with Crippen molar-refractivity contribution in [1.82, 2.24) is 4.90 Å². The summed E-state index contributed by atoms with van der Waals surface area (Å²) in [5.74, 6) is -0.425. The molecule has 0 aromatic heterocycles. The Hall–Kier alpha value is -2.57. The van der Waals surface area contributed by atoms with Crippen LogP contribution in [0.4, 0.5) is 5.69 Å². The molecule has 23 heavy (non-hydrogen) atoms. The van der Waals surface area contributed by atoms with Gasteiger partial charge in [0.1, 0.15) is 17.7 Å². The molecular formula is C16H19N3O4. The van der Waals surface area contributed by atoms with Crippen LogP contribution in [0.15, 0.2) is 24.3 Å². The molecule has 2 fully saturated rings. The zero-order valence-corrected chi connectivity index (χ0v) is 12.9. The number of rotatable bonds is 4. The third-order valence-corrected chi connectivity index (χ3v) is 4.50. The lowest BCUT2D eigenvalue weighted by Gasteiger charge is -2.35. The van der Waals surface area contributed by atoms with Gasteiger partial charge in [0.2, 0.25) is 17.7 Å². The maximum Gasteiger partial charge on any atom is 0.246 e. The predicted molar refractivity (Wildman–Crippen MR) is 82.8 cm³/mol. The highest BCUT2D eigenvalue weighted by Crippen LogP contribution is 2.47. The SMILES string of the molecule is COc1cccc(N2CCN(C(=O)C3(C(N)=O)CC3)CC2=O)c1. The predicted octanol–water partition coefficient (Wildman–Crippen LogP) is 0.136. The summed E-state index contributed by atoms with van der Waals surface area (Å²) < 4.78 is 5.17. The fourth-order valence-electron chi connectivity index (χ4n) is 2.89. The average molecular weight is 317 g/mol. The van der Waals surface area contributed by atoms with Crippen molar-refractivity contribution in [3.63, 3.8) is 0 Å². The van der Waals surface area contributed by atoms with Gasteiger partial charge in [-0.3, -0.25) is 14.4 Å². The van der Waals surface area contributed by atoms with Crippen molar-refractivity contribution < 1.29 is 19.1 Å². The molecule has 7 nitrogen and oxygen atoms in total. The lowest BCUT2D eigenvalue weighted by atomic mass is 10.0. The van der Waals surface area contributed by atoms with E-state index in [4.69, 9.17) is 10.5 Å². The van der Waals surface area contributed by atoms with E-state index in [2.05, 4.69) is 0 Å². The molecule has 3 rings (SSSR count). The molecule has 122 valence electrons. The standard InChI is InChI=1S/C16H19N3O4/c1-23-12-4-2-3-11(9-12)19-8-7-18(10-13(19)20)15(22)16(5-6-16)14(17)21/h2-4,9H,5-8,10H2,1H3,(H2,17,21). The molecule has 0 atom stereocenters. The Kier molecular flexibility index (Phi) is 3.71. The number of methoxy groups -OCH3 is 1. The lowest BCUT2D eigenvalue weighted by molar-refractivity contribution is -0.146. The minimum absolute atomic E-state index is 0.0366. The fraction of sp³-hybridized carbons (Fsp3) is 0.438. The molecule has 0 spiro atoms. The number of carbonyl (C=O) groups is 3. The molecule has 1 aromatic carbocycles. The summed E-state index contributed by atoms with van der Waals surface area (Å²) in [5.41, 5.74) is 4.99. The van der Waals surface area contributed by atoms with E-state index in [1.165, 1.54) is 4.90 Å². The van der Waals surface area contributed by atoms with Gasteiger partial charge in [0.25, 0.3) is 0 Å². The number of anilines is 1. The van der Waals surface area contributed by atoms with Gasteiger partial charge in [0.15, 0.2) is 0 Å². The minimum atomic E-state index is -1.07. The fourth-order valence-corrected chi connectivity index (χ4v) is 2.89. The van der Waals surface area contributed by atoms with Gasteiger partial charge in [-0.2, -0.15) is 0 Å². The smallest absolute Gasteiger partial charge is 0.246 e. The van der Waals surface area contributed by atoms with E-state index in [1.807, 2.05) is 12.1 Å². The molecule has 1 aromatic rings. The molecule has 0 unspecified atom stereocenters. The topological polar surface area (TPSA) is 92.9 Å². The Morgan fingerprint density at radius 3 is 2.57 bits per heavy atom. The highest BCUT2D eigenvalue weighted by Gasteiger charge is 2.57. The monoisotopic (exact) mass is 317 g/mol. The Morgan fingerprint density at radius 2 is 2.00 bits per heavy atom. The van der Waals surface area contributed by atoms with E-state index in [0.717, 1.165) is 5.69 Å². The van der Waals surface area contributed by atoms with E-state index >= 15 is 0 Å². The number of nitrogens with two attached hydrogens (primary N) is 1. The van der Waals surface area contributed by atoms with E-state index in [9.17, 15) is 14.4 Å². The molecule has 1 aliphatic heterocycles. The summed E-state index contributed by atoms with van der Waals surface area (Å²) in [6, 6.07) is 7.22. The summed E-state index contributed by atoms with van der Waals surface area (Å²) in [5, 5.41) is 0. The van der Waals surface area contributed by atoms with E-state index < -0.39 is 11.3 Å². The molecule has 1 aliphatic carbocycles. The Morgan fingerprint density at radius 1 is 1.26 bits per heavy atom. The molecule has 1 saturated carbocycles. The first-order chi connectivity index (χ1) is 11.0. The molecule has 3 amide bonds. The first-order valence-corrected chi connectivity index (χ1v) is 7.51. The molecular weight excluding hydrogens is 298 g/mol. The van der Waals surface area contributed by atoms with Crippen LogP contribution in [0.5, 0.6) is 5.75 Å². The van der Waals surface area contributed by atoms with Crippen LogP contribution >= 0.6 is 0 Å². The van der Waals surface area contributed by atoms with Gasteiger partial charge in [0, 0.05) is 24.8 Å². The number of amides is 3. The Balaban J connectivity index is 1.71. The second kappa shape index (κ2) is 5.57. The molecule has 1 heterocycles. The molecule has 2 N–H and O–H groups in total. The van der Waals surface area contributed by atoms with Gasteiger partial charge in [-0.25, -0.2) is 0 Å². The number of carbonyl (C=O) groups excluding carboxylic acids is 3. The lowest BCUT2D eigenvalue weighted by Crippen LogP contribution is -2.55. The van der Waals surface area contributed by atoms with Crippen LogP contribution in [0, 0.1) is 5.41 Å². The third kappa shape index (κ3) is 2.62. The molecule has 0 bridgehead atoms. The van der Waals surface area contributed by atoms with Crippen molar-refractivity contribution in [2.45, 2.75) is 12.8 Å². The second-order valence-corrected chi connectivity index (χ2v) is 5.92. The third-order valence-electron chi connectivity index (χ3n) is 4.50. The molecule has 1 saturated heterocycles. The number of piperazine rings is 1. The maximum atomic E-state index is 12.4. The number of nitrogens with zero attached hydrogens (tertiary/aromatic N) is 2. The van der Waals surface area contributed by atoms with Gasteiger partial charge < -0.3 is 20.3 Å². The quantitative estimate of drug-likeness (QED) is 0.799. The Bertz CT molecular complexity index is 669. The summed E-state index contributed by atoms with van der Waals surface area (Å²) in [6.45, 7) is 0.731. The van der Waals surface area contributed by atoms with E-state index in [-0.39, 0.29) is 18.4 Å². The first kappa shape index (κ1) is 15.3. The van der Waals surface area contributed by atoms with Crippen molar-refractivity contribution in [3.05, 3.63) is 24.3 Å². The molecule has 7 heteroatoms. The Labute approximate surface area is 134 Å². The van der Waals surface area contributed by atoms with Crippen LogP contribution < -0.4 is 15.4 Å². The van der Waals surface area contributed by atoms with Gasteiger partial charge in [-0.05, 0) is 25.0 Å². The highest BCUT2D eigenvalue weighted by molar-refractivity contribution is 6.09. The van der Waals surface area contributed by atoms with E-state index in [0.29, 0.717) is 31.7 Å². The maximum absolute atomic E-state index is 12.4. The van der Waals surface area contributed by atoms with Crippen molar-refractivity contribution in [2.75, 3.05) is 31.6 Å². The summed E-state index contributed by atoms with van der Waals surface area (Å²) >= 11 is 0. The largest absolute Gasteiger partial charge is 0.497 e. The van der Waals surface area contributed by atoms with Crippen LogP contribution in [0.2, 0.25) is 0 Å². The van der Waals surface area contributed by atoms with Crippen LogP contribution in [-0.2, 0) is 14.4 Å². The summed E-state index contributed by atoms with van der Waals surface area (Å²) in [4.78, 5) is 39.4. The van der Waals surface area contributed by atoms with Gasteiger partial charge in [-0.1, -0.05) is 6.07 Å². The van der Waals surface area contributed by atoms with Crippen molar-refractivity contribution in [3.8, 4) is 5.75 Å². The van der Waals surface area contributed by atoms with Crippen molar-refractivity contribution >= 4 is 23.4 Å². The van der Waals surface area contributed by atoms with Crippen LogP contribution in [0.3, 0.4) is 0 Å². The van der Waals surface area contributed by atoms with Crippen LogP contribution in [0.1, 0.15) is 12.8 Å². The zero-order valence-electron chi connectivity index (χ0n) is 12.9. The van der Waals surface area contributed by atoms with E-state index in [1.54, 1.807) is 24.1 Å². The highest BCUT2D eigenvalue weighted by atomic mass is 16.5. The van der Waals surface area contributed by atoms with Crippen LogP contribution in [-0.4, -0.2) is 49.4 Å². The van der Waals surface area contributed by atoms with Crippen LogP contribution in [0.25, 0.3) is 0 Å². The number of primary amides is 1. The van der Waals surface area contributed by atoms with Gasteiger partial charge in [-0.15, -0.1) is 0 Å². The summed E-state index contributed by atoms with van der Waals surface area (Å²) in [6.07, 6.45) is 0.955. The second-order valence-electron chi connectivity index (χ2n) is 5.92. The van der Waals surface area contributed by atoms with Crippen molar-refractivity contribution in [2.24, 2.45) is 11.1 Å². The number of benzene rings is 1. The zero-order chi connectivity index (χ0) is 16.6. The minimum Gasteiger partial charge on any atom is -0.497 e. The number of hydrogen-bond donors (Lipinski definition) is 1. The van der Waals surface area contributed by atoms with Crippen molar-refractivity contribution in [1.29, 1.82) is 0 Å². The first-order valence-electron chi connectivity index (χ1n) is 7.51. The normalized spacial score (nSPS) is 19.4. The number of hydrogen-bond acceptors (Lipinski definition) is 4. The molecule has 2 aliphatic rings. The molecule has 0 radical (unpaired) electrons. The van der Waals surface area contributed by atoms with Gasteiger partial charge in [0.05, 0.1) is 7.11 Å². The average Bonchev–Trinajstić information content (AvgIpc) is 3.36. The summed E-state index contributed by atoms with van der Waals surface area (Å²) in [7, 11) is 1.57. The number of ether oxygens (including phenoxy) is 1. The van der Waals surface area contributed by atoms with Gasteiger partial charge >= 0.3 is 0 Å².